The van der Waals surface area contributed by atoms with E-state index >= 15 is 0 Å². The summed E-state index contributed by atoms with van der Waals surface area (Å²) in [5.74, 6) is -0.886. The Bertz CT molecular complexity index is 458. The Morgan fingerprint density at radius 3 is 2.45 bits per heavy atom. The smallest absolute Gasteiger partial charge is 0.303 e. The summed E-state index contributed by atoms with van der Waals surface area (Å²) in [5, 5.41) is 11.4. The molecule has 2 N–H and O–H groups in total. The van der Waals surface area contributed by atoms with Crippen LogP contribution in [-0.4, -0.2) is 36.0 Å². The topological polar surface area (TPSA) is 69.6 Å². The summed E-state index contributed by atoms with van der Waals surface area (Å²) in [7, 11) is 3.95. The number of hydrogen-bond donors (Lipinski definition) is 2. The second kappa shape index (κ2) is 8.32. The minimum Gasteiger partial charge on any atom is -0.481 e. The van der Waals surface area contributed by atoms with E-state index in [0.29, 0.717) is 19.3 Å². The van der Waals surface area contributed by atoms with E-state index in [4.69, 9.17) is 5.11 Å². The first-order valence-electron chi connectivity index (χ1n) is 6.73. The van der Waals surface area contributed by atoms with Crippen molar-refractivity contribution in [1.29, 1.82) is 0 Å². The van der Waals surface area contributed by atoms with Gasteiger partial charge in [-0.05, 0) is 38.6 Å². The van der Waals surface area contributed by atoms with Crippen molar-refractivity contribution in [3.8, 4) is 0 Å². The number of unbranched alkanes of at least 4 members (excludes halogenated alkanes) is 1. The number of anilines is 1. The third-order valence-electron chi connectivity index (χ3n) is 2.82. The molecule has 5 nitrogen and oxygen atoms in total. The van der Waals surface area contributed by atoms with Crippen molar-refractivity contribution in [3.63, 3.8) is 0 Å². The van der Waals surface area contributed by atoms with E-state index in [9.17, 15) is 9.59 Å². The number of amides is 1. The first-order valence-corrected chi connectivity index (χ1v) is 6.73. The number of carboxylic acid groups (broad SMARTS) is 1. The average molecular weight is 278 g/mol. The number of carboxylic acids is 1. The van der Waals surface area contributed by atoms with Gasteiger partial charge in [-0.25, -0.2) is 0 Å². The van der Waals surface area contributed by atoms with Gasteiger partial charge in [-0.15, -0.1) is 0 Å². The molecule has 0 unspecified atom stereocenters. The number of aliphatic carboxylic acids is 1. The highest BCUT2D eigenvalue weighted by Gasteiger charge is 2.07. The van der Waals surface area contributed by atoms with E-state index in [1.54, 1.807) is 0 Å². The highest BCUT2D eigenvalue weighted by molar-refractivity contribution is 5.91. The van der Waals surface area contributed by atoms with E-state index in [1.165, 1.54) is 0 Å². The number of carbonyl (C=O) groups is 2. The molecule has 0 heterocycles. The molecule has 0 aliphatic heterocycles. The molecule has 5 heteroatoms. The molecule has 0 saturated heterocycles. The minimum atomic E-state index is -0.818. The molecule has 20 heavy (non-hydrogen) atoms. The summed E-state index contributed by atoms with van der Waals surface area (Å²) in [4.78, 5) is 24.2. The number of rotatable bonds is 8. The molecule has 110 valence electrons. The van der Waals surface area contributed by atoms with Crippen molar-refractivity contribution < 1.29 is 14.7 Å². The van der Waals surface area contributed by atoms with Crippen LogP contribution in [0.15, 0.2) is 24.3 Å². The molecule has 0 aliphatic carbocycles. The Kier molecular flexibility index (Phi) is 6.73. The predicted molar refractivity (Wildman–Crippen MR) is 78.6 cm³/mol. The SMILES string of the molecule is CN(C)Cc1ccccc1NC(=O)CCCCC(=O)O. The van der Waals surface area contributed by atoms with Gasteiger partial charge >= 0.3 is 5.97 Å². The molecular weight excluding hydrogens is 256 g/mol. The van der Waals surface area contributed by atoms with Crippen LogP contribution in [0, 0.1) is 0 Å². The summed E-state index contributed by atoms with van der Waals surface area (Å²) < 4.78 is 0. The average Bonchev–Trinajstić information content (AvgIpc) is 2.36. The molecule has 0 aliphatic rings. The molecule has 0 spiro atoms. The summed E-state index contributed by atoms with van der Waals surface area (Å²) in [6.07, 6.45) is 1.59. The molecule has 0 radical (unpaired) electrons. The van der Waals surface area contributed by atoms with Crippen LogP contribution in [-0.2, 0) is 16.1 Å². The molecule has 1 amide bonds. The van der Waals surface area contributed by atoms with Crippen LogP contribution in [0.3, 0.4) is 0 Å². The first-order chi connectivity index (χ1) is 9.49. The zero-order valence-electron chi connectivity index (χ0n) is 12.1. The summed E-state index contributed by atoms with van der Waals surface area (Å²) in [5.41, 5.74) is 1.89. The lowest BCUT2D eigenvalue weighted by Gasteiger charge is -2.14. The van der Waals surface area contributed by atoms with E-state index in [0.717, 1.165) is 17.8 Å². The van der Waals surface area contributed by atoms with Crippen LogP contribution in [0.5, 0.6) is 0 Å². The van der Waals surface area contributed by atoms with Gasteiger partial charge in [0.25, 0.3) is 0 Å². The van der Waals surface area contributed by atoms with Gasteiger partial charge in [-0.3, -0.25) is 9.59 Å². The van der Waals surface area contributed by atoms with Crippen molar-refractivity contribution in [2.24, 2.45) is 0 Å². The Morgan fingerprint density at radius 1 is 1.15 bits per heavy atom. The molecule has 0 atom stereocenters. The number of carbonyl (C=O) groups excluding carboxylic acids is 1. The lowest BCUT2D eigenvalue weighted by Crippen LogP contribution is -2.16. The molecule has 1 rings (SSSR count). The largest absolute Gasteiger partial charge is 0.481 e. The fourth-order valence-electron chi connectivity index (χ4n) is 1.90. The fourth-order valence-corrected chi connectivity index (χ4v) is 1.90. The third-order valence-corrected chi connectivity index (χ3v) is 2.82. The number of para-hydroxylation sites is 1. The lowest BCUT2D eigenvalue weighted by molar-refractivity contribution is -0.137. The number of nitrogens with zero attached hydrogens (tertiary/aromatic N) is 1. The van der Waals surface area contributed by atoms with E-state index in [1.807, 2.05) is 43.3 Å². The molecule has 0 saturated carbocycles. The van der Waals surface area contributed by atoms with Crippen LogP contribution in [0.1, 0.15) is 31.2 Å². The van der Waals surface area contributed by atoms with Gasteiger partial charge in [0, 0.05) is 25.1 Å². The van der Waals surface area contributed by atoms with Gasteiger partial charge in [0.2, 0.25) is 5.91 Å². The summed E-state index contributed by atoms with van der Waals surface area (Å²) >= 11 is 0. The standard InChI is InChI=1S/C15H22N2O3/c1-17(2)11-12-7-3-4-8-13(12)16-14(18)9-5-6-10-15(19)20/h3-4,7-8H,5-6,9-11H2,1-2H3,(H,16,18)(H,19,20). The van der Waals surface area contributed by atoms with Gasteiger partial charge < -0.3 is 15.3 Å². The van der Waals surface area contributed by atoms with Crippen molar-refractivity contribution in [3.05, 3.63) is 29.8 Å². The van der Waals surface area contributed by atoms with Crippen LogP contribution >= 0.6 is 0 Å². The number of hydrogen-bond acceptors (Lipinski definition) is 3. The second-order valence-electron chi connectivity index (χ2n) is 5.04. The van der Waals surface area contributed by atoms with Crippen molar-refractivity contribution in [1.82, 2.24) is 4.90 Å². The Labute approximate surface area is 119 Å². The quantitative estimate of drug-likeness (QED) is 0.716. The highest BCUT2D eigenvalue weighted by atomic mass is 16.4. The maximum atomic E-state index is 11.8. The third kappa shape index (κ3) is 6.33. The molecule has 0 aromatic heterocycles. The van der Waals surface area contributed by atoms with Gasteiger partial charge in [-0.2, -0.15) is 0 Å². The zero-order valence-corrected chi connectivity index (χ0v) is 12.1. The fraction of sp³-hybridized carbons (Fsp3) is 0.467. The monoisotopic (exact) mass is 278 g/mol. The zero-order chi connectivity index (χ0) is 15.0. The first kappa shape index (κ1) is 16.2. The molecule has 0 fully saturated rings. The maximum absolute atomic E-state index is 11.8. The van der Waals surface area contributed by atoms with Gasteiger partial charge in [0.1, 0.15) is 0 Å². The van der Waals surface area contributed by atoms with Crippen molar-refractivity contribution >= 4 is 17.6 Å². The lowest BCUT2D eigenvalue weighted by atomic mass is 10.1. The Hall–Kier alpha value is -1.88. The molecule has 0 bridgehead atoms. The van der Waals surface area contributed by atoms with Crippen LogP contribution < -0.4 is 5.32 Å². The van der Waals surface area contributed by atoms with Crippen LogP contribution in [0.2, 0.25) is 0 Å². The van der Waals surface area contributed by atoms with Gasteiger partial charge in [0.05, 0.1) is 0 Å². The Morgan fingerprint density at radius 2 is 1.80 bits per heavy atom. The van der Waals surface area contributed by atoms with Crippen LogP contribution in [0.4, 0.5) is 5.69 Å². The second-order valence-corrected chi connectivity index (χ2v) is 5.04. The van der Waals surface area contributed by atoms with Crippen molar-refractivity contribution in [2.45, 2.75) is 32.2 Å². The minimum absolute atomic E-state index is 0.0680. The normalized spacial score (nSPS) is 10.6. The number of benzene rings is 1. The van der Waals surface area contributed by atoms with Crippen LogP contribution in [0.25, 0.3) is 0 Å². The van der Waals surface area contributed by atoms with E-state index in [2.05, 4.69) is 5.32 Å². The molecular formula is C15H22N2O3. The Balaban J connectivity index is 2.47. The van der Waals surface area contributed by atoms with Gasteiger partial charge in [0.15, 0.2) is 0 Å². The highest BCUT2D eigenvalue weighted by Crippen LogP contribution is 2.17. The maximum Gasteiger partial charge on any atom is 0.303 e. The molecule has 1 aromatic carbocycles. The van der Waals surface area contributed by atoms with Gasteiger partial charge in [-0.1, -0.05) is 18.2 Å². The molecule has 1 aromatic rings. The summed E-state index contributed by atoms with van der Waals surface area (Å²) in [6, 6.07) is 7.70. The van der Waals surface area contributed by atoms with E-state index < -0.39 is 5.97 Å². The summed E-state index contributed by atoms with van der Waals surface area (Å²) in [6.45, 7) is 0.759. The van der Waals surface area contributed by atoms with E-state index in [-0.39, 0.29) is 12.3 Å². The predicted octanol–water partition coefficient (Wildman–Crippen LogP) is 2.33. The number of nitrogens with one attached hydrogen (secondary N) is 1. The van der Waals surface area contributed by atoms with Crippen molar-refractivity contribution in [2.75, 3.05) is 19.4 Å².